The van der Waals surface area contributed by atoms with Crippen LogP contribution < -0.4 is 0 Å². The van der Waals surface area contributed by atoms with E-state index in [1.807, 2.05) is 26.8 Å². The van der Waals surface area contributed by atoms with E-state index in [9.17, 15) is 4.79 Å². The van der Waals surface area contributed by atoms with E-state index in [4.69, 9.17) is 0 Å². The van der Waals surface area contributed by atoms with Gasteiger partial charge >= 0.3 is 0 Å². The molecule has 1 heterocycles. The summed E-state index contributed by atoms with van der Waals surface area (Å²) in [5.74, 6) is 0.128. The molecule has 0 saturated carbocycles. The van der Waals surface area contributed by atoms with Gasteiger partial charge in [0.1, 0.15) is 5.69 Å². The van der Waals surface area contributed by atoms with Gasteiger partial charge in [0.25, 0.3) is 0 Å². The van der Waals surface area contributed by atoms with Crippen molar-refractivity contribution >= 4 is 21.7 Å². The van der Waals surface area contributed by atoms with E-state index in [1.165, 1.54) is 0 Å². The standard InChI is InChI=1S/C11H14BrNO/c1-4-8-5-9(12)6-13-10(8)11(14)7(2)3/h5-7H,4H2,1-3H3. The van der Waals surface area contributed by atoms with Crippen molar-refractivity contribution in [3.8, 4) is 0 Å². The monoisotopic (exact) mass is 255 g/mol. The Morgan fingerprint density at radius 2 is 2.21 bits per heavy atom. The smallest absolute Gasteiger partial charge is 0.183 e. The molecule has 14 heavy (non-hydrogen) atoms. The first kappa shape index (κ1) is 11.4. The van der Waals surface area contributed by atoms with Crippen LogP contribution in [0.25, 0.3) is 0 Å². The van der Waals surface area contributed by atoms with Crippen LogP contribution in [0.2, 0.25) is 0 Å². The number of carbonyl (C=O) groups is 1. The lowest BCUT2D eigenvalue weighted by atomic mass is 10.0. The zero-order valence-electron chi connectivity index (χ0n) is 8.67. The molecule has 0 spiro atoms. The molecule has 0 aromatic carbocycles. The minimum absolute atomic E-state index is 0.00831. The third kappa shape index (κ3) is 2.41. The minimum Gasteiger partial charge on any atom is -0.292 e. The van der Waals surface area contributed by atoms with E-state index >= 15 is 0 Å². The number of ketones is 1. The molecule has 1 aromatic rings. The molecule has 0 radical (unpaired) electrons. The summed E-state index contributed by atoms with van der Waals surface area (Å²) in [6.45, 7) is 5.82. The van der Waals surface area contributed by atoms with E-state index in [0.29, 0.717) is 5.69 Å². The topological polar surface area (TPSA) is 30.0 Å². The third-order valence-electron chi connectivity index (χ3n) is 2.07. The van der Waals surface area contributed by atoms with Crippen molar-refractivity contribution < 1.29 is 4.79 Å². The van der Waals surface area contributed by atoms with Gasteiger partial charge in [0.05, 0.1) is 0 Å². The van der Waals surface area contributed by atoms with Crippen molar-refractivity contribution in [1.82, 2.24) is 4.98 Å². The summed E-state index contributed by atoms with van der Waals surface area (Å²) in [6, 6.07) is 1.96. The highest BCUT2D eigenvalue weighted by atomic mass is 79.9. The summed E-state index contributed by atoms with van der Waals surface area (Å²) in [5, 5.41) is 0. The molecule has 0 bridgehead atoms. The molecule has 1 rings (SSSR count). The van der Waals surface area contributed by atoms with E-state index in [1.54, 1.807) is 6.20 Å². The maximum atomic E-state index is 11.8. The number of pyridine rings is 1. The molecule has 0 saturated heterocycles. The van der Waals surface area contributed by atoms with Gasteiger partial charge < -0.3 is 0 Å². The van der Waals surface area contributed by atoms with Gasteiger partial charge in [0.15, 0.2) is 5.78 Å². The van der Waals surface area contributed by atoms with Crippen LogP contribution in [0.4, 0.5) is 0 Å². The Morgan fingerprint density at radius 1 is 1.57 bits per heavy atom. The molecule has 0 aliphatic rings. The second-order valence-corrected chi connectivity index (χ2v) is 4.45. The Hall–Kier alpha value is -0.700. The summed E-state index contributed by atoms with van der Waals surface area (Å²) in [4.78, 5) is 15.9. The van der Waals surface area contributed by atoms with Crippen molar-refractivity contribution in [3.05, 3.63) is 28.0 Å². The normalized spacial score (nSPS) is 10.6. The van der Waals surface area contributed by atoms with Crippen molar-refractivity contribution in [2.24, 2.45) is 5.92 Å². The predicted octanol–water partition coefficient (Wildman–Crippen LogP) is 3.25. The van der Waals surface area contributed by atoms with E-state index in [-0.39, 0.29) is 11.7 Å². The van der Waals surface area contributed by atoms with Crippen molar-refractivity contribution in [2.45, 2.75) is 27.2 Å². The van der Waals surface area contributed by atoms with Crippen LogP contribution in [-0.2, 0) is 6.42 Å². The predicted molar refractivity (Wildman–Crippen MR) is 60.5 cm³/mol. The van der Waals surface area contributed by atoms with E-state index in [0.717, 1.165) is 16.5 Å². The highest BCUT2D eigenvalue weighted by Crippen LogP contribution is 2.17. The molecule has 76 valence electrons. The molecule has 0 N–H and O–H groups in total. The molecule has 0 aliphatic heterocycles. The molecular weight excluding hydrogens is 242 g/mol. The Labute approximate surface area is 92.9 Å². The molecular formula is C11H14BrNO. The fourth-order valence-corrected chi connectivity index (χ4v) is 1.62. The average Bonchev–Trinajstić information content (AvgIpc) is 2.16. The molecule has 3 heteroatoms. The number of Topliss-reactive ketones (excluding diaryl/α,β-unsaturated/α-hetero) is 1. The van der Waals surface area contributed by atoms with Crippen LogP contribution in [-0.4, -0.2) is 10.8 Å². The largest absolute Gasteiger partial charge is 0.292 e. The molecule has 0 atom stereocenters. The van der Waals surface area contributed by atoms with Crippen LogP contribution in [0, 0.1) is 5.92 Å². The van der Waals surface area contributed by atoms with Gasteiger partial charge in [-0.3, -0.25) is 9.78 Å². The second kappa shape index (κ2) is 4.69. The summed E-state index contributed by atoms with van der Waals surface area (Å²) >= 11 is 3.35. The quantitative estimate of drug-likeness (QED) is 0.777. The van der Waals surface area contributed by atoms with Crippen LogP contribution in [0.15, 0.2) is 16.7 Å². The molecule has 0 unspecified atom stereocenters. The lowest BCUT2D eigenvalue weighted by Gasteiger charge is -2.08. The molecule has 0 amide bonds. The zero-order valence-corrected chi connectivity index (χ0v) is 10.3. The second-order valence-electron chi connectivity index (χ2n) is 3.53. The third-order valence-corrected chi connectivity index (χ3v) is 2.51. The van der Waals surface area contributed by atoms with Gasteiger partial charge in [-0.05, 0) is 34.0 Å². The van der Waals surface area contributed by atoms with Gasteiger partial charge in [-0.25, -0.2) is 0 Å². The number of aryl methyl sites for hydroxylation is 1. The number of nitrogens with zero attached hydrogens (tertiary/aromatic N) is 1. The fourth-order valence-electron chi connectivity index (χ4n) is 1.25. The number of rotatable bonds is 3. The van der Waals surface area contributed by atoms with Crippen LogP contribution in [0.5, 0.6) is 0 Å². The number of aromatic nitrogens is 1. The first-order valence-corrected chi connectivity index (χ1v) is 5.54. The van der Waals surface area contributed by atoms with Crippen LogP contribution in [0.1, 0.15) is 36.8 Å². The molecule has 0 aliphatic carbocycles. The minimum atomic E-state index is 0.00831. The van der Waals surface area contributed by atoms with E-state index in [2.05, 4.69) is 20.9 Å². The van der Waals surface area contributed by atoms with Crippen LogP contribution in [0.3, 0.4) is 0 Å². The van der Waals surface area contributed by atoms with Crippen molar-refractivity contribution in [1.29, 1.82) is 0 Å². The average molecular weight is 256 g/mol. The lowest BCUT2D eigenvalue weighted by Crippen LogP contribution is -2.12. The lowest BCUT2D eigenvalue weighted by molar-refractivity contribution is 0.0933. The zero-order chi connectivity index (χ0) is 10.7. The van der Waals surface area contributed by atoms with Gasteiger partial charge in [-0.2, -0.15) is 0 Å². The maximum absolute atomic E-state index is 11.8. The summed E-state index contributed by atoms with van der Waals surface area (Å²) < 4.78 is 0.926. The van der Waals surface area contributed by atoms with Gasteiger partial charge in [-0.1, -0.05) is 20.8 Å². The van der Waals surface area contributed by atoms with E-state index < -0.39 is 0 Å². The highest BCUT2D eigenvalue weighted by molar-refractivity contribution is 9.10. The van der Waals surface area contributed by atoms with Crippen molar-refractivity contribution in [3.63, 3.8) is 0 Å². The van der Waals surface area contributed by atoms with Gasteiger partial charge in [-0.15, -0.1) is 0 Å². The Kier molecular flexibility index (Phi) is 3.81. The Bertz CT molecular complexity index is 347. The SMILES string of the molecule is CCc1cc(Br)cnc1C(=O)C(C)C. The number of halogens is 1. The van der Waals surface area contributed by atoms with Gasteiger partial charge in [0.2, 0.25) is 0 Å². The summed E-state index contributed by atoms with van der Waals surface area (Å²) in [5.41, 5.74) is 1.63. The summed E-state index contributed by atoms with van der Waals surface area (Å²) in [6.07, 6.45) is 2.51. The van der Waals surface area contributed by atoms with Crippen LogP contribution >= 0.6 is 15.9 Å². The molecule has 2 nitrogen and oxygen atoms in total. The maximum Gasteiger partial charge on any atom is 0.183 e. The Morgan fingerprint density at radius 3 is 2.71 bits per heavy atom. The number of hydrogen-bond donors (Lipinski definition) is 0. The fraction of sp³-hybridized carbons (Fsp3) is 0.455. The first-order chi connectivity index (χ1) is 6.56. The highest BCUT2D eigenvalue weighted by Gasteiger charge is 2.15. The summed E-state index contributed by atoms with van der Waals surface area (Å²) in [7, 11) is 0. The Balaban J connectivity index is 3.14. The van der Waals surface area contributed by atoms with Gasteiger partial charge in [0, 0.05) is 16.6 Å². The molecule has 0 fully saturated rings. The van der Waals surface area contributed by atoms with Crippen molar-refractivity contribution in [2.75, 3.05) is 0 Å². The first-order valence-electron chi connectivity index (χ1n) is 4.74. The number of hydrogen-bond acceptors (Lipinski definition) is 2. The number of carbonyl (C=O) groups excluding carboxylic acids is 1. The molecule has 1 aromatic heterocycles.